The summed E-state index contributed by atoms with van der Waals surface area (Å²) in [7, 11) is 0. The summed E-state index contributed by atoms with van der Waals surface area (Å²) >= 11 is 1.28. The van der Waals surface area contributed by atoms with Crippen LogP contribution in [0.4, 0.5) is 0 Å². The van der Waals surface area contributed by atoms with E-state index in [9.17, 15) is 4.79 Å². The molecule has 0 radical (unpaired) electrons. The lowest BCUT2D eigenvalue weighted by atomic mass is 10.1. The van der Waals surface area contributed by atoms with Crippen molar-refractivity contribution >= 4 is 21.9 Å². The Morgan fingerprint density at radius 2 is 2.07 bits per heavy atom. The highest BCUT2D eigenvalue weighted by atomic mass is 32.2. The van der Waals surface area contributed by atoms with Gasteiger partial charge in [-0.1, -0.05) is 37.3 Å². The van der Waals surface area contributed by atoms with Gasteiger partial charge in [0.25, 0.3) is 0 Å². The quantitative estimate of drug-likeness (QED) is 0.743. The maximum absolute atomic E-state index is 11.6. The Morgan fingerprint density at radius 3 is 2.64 bits per heavy atom. The van der Waals surface area contributed by atoms with E-state index >= 15 is 0 Å². The minimum atomic E-state index is -0.267. The van der Waals surface area contributed by atoms with Crippen LogP contribution >= 0.6 is 11.8 Å². The third kappa shape index (κ3) is 1.73. The fraction of sp³-hybridized carbons (Fsp3) is 0.273. The molecule has 0 spiro atoms. The summed E-state index contributed by atoms with van der Waals surface area (Å²) < 4.78 is 0. The molecular formula is C11H11NOS. The van der Waals surface area contributed by atoms with E-state index in [0.717, 1.165) is 17.0 Å². The van der Waals surface area contributed by atoms with E-state index < -0.39 is 0 Å². The maximum atomic E-state index is 11.6. The van der Waals surface area contributed by atoms with Gasteiger partial charge in [-0.05, 0) is 23.7 Å². The van der Waals surface area contributed by atoms with Crippen molar-refractivity contribution in [3.8, 4) is 0 Å². The van der Waals surface area contributed by atoms with Crippen LogP contribution in [0.25, 0.3) is 0 Å². The molecular weight excluding hydrogens is 194 g/mol. The molecule has 1 aromatic carbocycles. The molecule has 0 amide bonds. The Bertz CT molecular complexity index is 372. The number of aliphatic imine (C=N–C) groups is 1. The fourth-order valence-electron chi connectivity index (χ4n) is 1.40. The molecule has 1 aliphatic rings. The van der Waals surface area contributed by atoms with Crippen LogP contribution in [0, 0.1) is 0 Å². The highest BCUT2D eigenvalue weighted by Crippen LogP contribution is 2.32. The third-order valence-electron chi connectivity index (χ3n) is 2.13. The molecule has 0 bridgehead atoms. The number of nitrogens with zero attached hydrogens (tertiary/aromatic N) is 1. The first-order valence-electron chi connectivity index (χ1n) is 4.64. The molecule has 0 saturated carbocycles. The van der Waals surface area contributed by atoms with Gasteiger partial charge in [-0.15, -0.1) is 0 Å². The molecule has 0 saturated heterocycles. The van der Waals surface area contributed by atoms with Crippen molar-refractivity contribution in [2.45, 2.75) is 19.4 Å². The average molecular weight is 205 g/mol. The Hall–Kier alpha value is -1.09. The van der Waals surface area contributed by atoms with Crippen LogP contribution in [-0.2, 0) is 4.79 Å². The molecule has 1 aromatic rings. The van der Waals surface area contributed by atoms with E-state index in [0.29, 0.717) is 0 Å². The van der Waals surface area contributed by atoms with Crippen LogP contribution in [0.3, 0.4) is 0 Å². The first-order chi connectivity index (χ1) is 6.81. The van der Waals surface area contributed by atoms with Crippen molar-refractivity contribution in [1.82, 2.24) is 0 Å². The van der Waals surface area contributed by atoms with Crippen molar-refractivity contribution < 1.29 is 4.79 Å². The first kappa shape index (κ1) is 9.46. The first-order valence-corrected chi connectivity index (χ1v) is 5.46. The van der Waals surface area contributed by atoms with Gasteiger partial charge < -0.3 is 0 Å². The predicted molar refractivity (Wildman–Crippen MR) is 59.5 cm³/mol. The molecule has 1 aliphatic heterocycles. The van der Waals surface area contributed by atoms with Crippen LogP contribution in [0.2, 0.25) is 0 Å². The van der Waals surface area contributed by atoms with Gasteiger partial charge in [-0.3, -0.25) is 9.79 Å². The standard InChI is InChI=1S/C11H11NOS/c1-2-9-12-10(11(13)14-9)8-6-4-3-5-7-8/h3-7,10H,2H2,1H3. The van der Waals surface area contributed by atoms with Crippen molar-refractivity contribution in [3.05, 3.63) is 35.9 Å². The normalized spacial score (nSPS) is 21.1. The minimum Gasteiger partial charge on any atom is -0.284 e. The maximum Gasteiger partial charge on any atom is 0.223 e. The molecule has 14 heavy (non-hydrogen) atoms. The van der Waals surface area contributed by atoms with Crippen molar-refractivity contribution in [2.75, 3.05) is 0 Å². The summed E-state index contributed by atoms with van der Waals surface area (Å²) in [6.45, 7) is 2.02. The second kappa shape index (κ2) is 3.96. The molecule has 0 aliphatic carbocycles. The summed E-state index contributed by atoms with van der Waals surface area (Å²) in [6.07, 6.45) is 0.847. The van der Waals surface area contributed by atoms with E-state index in [1.807, 2.05) is 37.3 Å². The van der Waals surface area contributed by atoms with E-state index in [2.05, 4.69) is 4.99 Å². The van der Waals surface area contributed by atoms with Gasteiger partial charge in [-0.2, -0.15) is 0 Å². The van der Waals surface area contributed by atoms with Crippen LogP contribution in [0.15, 0.2) is 35.3 Å². The number of hydrogen-bond donors (Lipinski definition) is 0. The Morgan fingerprint density at radius 1 is 1.36 bits per heavy atom. The molecule has 0 N–H and O–H groups in total. The van der Waals surface area contributed by atoms with Crippen molar-refractivity contribution in [3.63, 3.8) is 0 Å². The Labute approximate surface area is 87.4 Å². The molecule has 0 aromatic heterocycles. The SMILES string of the molecule is CCC1=NC(c2ccccc2)C(=O)S1. The number of benzene rings is 1. The second-order valence-electron chi connectivity index (χ2n) is 3.11. The fourth-order valence-corrected chi connectivity index (χ4v) is 2.24. The van der Waals surface area contributed by atoms with E-state index in [4.69, 9.17) is 0 Å². The zero-order valence-corrected chi connectivity index (χ0v) is 8.75. The number of carbonyl (C=O) groups excluding carboxylic acids is 1. The topological polar surface area (TPSA) is 29.4 Å². The van der Waals surface area contributed by atoms with Gasteiger partial charge in [0.15, 0.2) is 0 Å². The molecule has 1 unspecified atom stereocenters. The number of carbonyl (C=O) groups is 1. The highest BCUT2D eigenvalue weighted by molar-refractivity contribution is 8.26. The van der Waals surface area contributed by atoms with Crippen molar-refractivity contribution in [2.24, 2.45) is 4.99 Å². The average Bonchev–Trinajstić information content (AvgIpc) is 2.61. The number of thioether (sulfide) groups is 1. The lowest BCUT2D eigenvalue weighted by Crippen LogP contribution is -2.00. The second-order valence-corrected chi connectivity index (χ2v) is 4.19. The van der Waals surface area contributed by atoms with Gasteiger partial charge in [0.2, 0.25) is 5.12 Å². The van der Waals surface area contributed by atoms with Crippen LogP contribution in [0.5, 0.6) is 0 Å². The van der Waals surface area contributed by atoms with Gasteiger partial charge in [-0.25, -0.2) is 0 Å². The van der Waals surface area contributed by atoms with Crippen LogP contribution < -0.4 is 0 Å². The summed E-state index contributed by atoms with van der Waals surface area (Å²) in [5.41, 5.74) is 0.994. The lowest BCUT2D eigenvalue weighted by molar-refractivity contribution is -0.111. The van der Waals surface area contributed by atoms with E-state index in [1.165, 1.54) is 11.8 Å². The summed E-state index contributed by atoms with van der Waals surface area (Å²) in [4.78, 5) is 16.0. The van der Waals surface area contributed by atoms with Gasteiger partial charge in [0, 0.05) is 0 Å². The summed E-state index contributed by atoms with van der Waals surface area (Å²) in [5.74, 6) is 0. The van der Waals surface area contributed by atoms with Gasteiger partial charge >= 0.3 is 0 Å². The summed E-state index contributed by atoms with van der Waals surface area (Å²) in [5, 5.41) is 1.09. The Balaban J connectivity index is 2.28. The lowest BCUT2D eigenvalue weighted by Gasteiger charge is -2.03. The zero-order valence-electron chi connectivity index (χ0n) is 7.93. The van der Waals surface area contributed by atoms with Gasteiger partial charge in [0.05, 0.1) is 5.04 Å². The number of rotatable bonds is 2. The molecule has 2 nitrogen and oxygen atoms in total. The van der Waals surface area contributed by atoms with E-state index in [1.54, 1.807) is 0 Å². The molecule has 1 atom stereocenters. The van der Waals surface area contributed by atoms with Gasteiger partial charge in [0.1, 0.15) is 6.04 Å². The monoisotopic (exact) mass is 205 g/mol. The Kier molecular flexibility index (Phi) is 2.68. The smallest absolute Gasteiger partial charge is 0.223 e. The molecule has 2 rings (SSSR count). The van der Waals surface area contributed by atoms with Crippen LogP contribution in [-0.4, -0.2) is 10.2 Å². The van der Waals surface area contributed by atoms with E-state index in [-0.39, 0.29) is 11.2 Å². The third-order valence-corrected chi connectivity index (χ3v) is 3.19. The molecule has 1 heterocycles. The predicted octanol–water partition coefficient (Wildman–Crippen LogP) is 2.81. The molecule has 0 fully saturated rings. The molecule has 3 heteroatoms. The van der Waals surface area contributed by atoms with Crippen molar-refractivity contribution in [1.29, 1.82) is 0 Å². The number of hydrogen-bond acceptors (Lipinski definition) is 3. The molecule has 72 valence electrons. The van der Waals surface area contributed by atoms with Crippen LogP contribution in [0.1, 0.15) is 24.9 Å². The summed E-state index contributed by atoms with van der Waals surface area (Å²) in [6, 6.07) is 9.45. The zero-order chi connectivity index (χ0) is 9.97. The minimum absolute atomic E-state index is 0.146. The largest absolute Gasteiger partial charge is 0.284 e. The highest BCUT2D eigenvalue weighted by Gasteiger charge is 2.27.